The zero-order chi connectivity index (χ0) is 26.4. The number of anilines is 1. The van der Waals surface area contributed by atoms with Gasteiger partial charge in [-0.2, -0.15) is 0 Å². The van der Waals surface area contributed by atoms with Gasteiger partial charge in [0.15, 0.2) is 16.7 Å². The molecule has 3 N–H and O–H groups in total. The molecule has 2 aromatic rings. The zero-order valence-corrected chi connectivity index (χ0v) is 21.1. The number of aromatic nitrogens is 3. The summed E-state index contributed by atoms with van der Waals surface area (Å²) in [5.74, 6) is 0.465. The third kappa shape index (κ3) is 5.74. The summed E-state index contributed by atoms with van der Waals surface area (Å²) >= 11 is 4.00. The molecule has 2 aromatic heterocycles. The Hall–Kier alpha value is -3.94. The van der Waals surface area contributed by atoms with E-state index in [2.05, 4.69) is 36.9 Å². The molecule has 1 fully saturated rings. The van der Waals surface area contributed by atoms with E-state index >= 15 is 0 Å². The van der Waals surface area contributed by atoms with Gasteiger partial charge in [0.25, 0.3) is 11.8 Å². The Morgan fingerprint density at radius 1 is 1.43 bits per heavy atom. The molecule has 37 heavy (non-hydrogen) atoms. The van der Waals surface area contributed by atoms with Gasteiger partial charge in [0, 0.05) is 11.5 Å². The molecule has 2 atom stereocenters. The van der Waals surface area contributed by atoms with Crippen molar-refractivity contribution in [3.05, 3.63) is 40.7 Å². The molecular weight excluding hydrogens is 542 g/mol. The topological polar surface area (TPSA) is 176 Å². The number of aliphatic carboxylic acids is 1. The molecular formula is C21H17N7O6S3. The monoisotopic (exact) mass is 559 g/mol. The number of carboxylic acids is 1. The van der Waals surface area contributed by atoms with Crippen LogP contribution in [0.25, 0.3) is 0 Å². The van der Waals surface area contributed by atoms with Gasteiger partial charge >= 0.3 is 5.97 Å². The number of rotatable bonds is 11. The van der Waals surface area contributed by atoms with Gasteiger partial charge in [0.2, 0.25) is 6.41 Å². The van der Waals surface area contributed by atoms with E-state index in [0.29, 0.717) is 27.8 Å². The third-order valence-electron chi connectivity index (χ3n) is 4.96. The molecule has 3 amide bonds. The number of pyridine rings is 1. The summed E-state index contributed by atoms with van der Waals surface area (Å²) in [6.07, 6.45) is 5.60. The molecule has 4 rings (SSSR count). The molecule has 1 saturated heterocycles. The summed E-state index contributed by atoms with van der Waals surface area (Å²) in [7, 11) is 0. The molecule has 13 nitrogen and oxygen atoms in total. The maximum absolute atomic E-state index is 13.1. The fourth-order valence-corrected chi connectivity index (χ4v) is 6.40. The van der Waals surface area contributed by atoms with Crippen LogP contribution in [0.5, 0.6) is 0 Å². The number of thioether (sulfide) groups is 2. The van der Waals surface area contributed by atoms with E-state index in [-0.39, 0.29) is 29.5 Å². The van der Waals surface area contributed by atoms with E-state index in [4.69, 9.17) is 11.3 Å². The Bertz CT molecular complexity index is 1320. The summed E-state index contributed by atoms with van der Waals surface area (Å²) in [6.45, 7) is -0.220. The molecule has 0 saturated carbocycles. The highest BCUT2D eigenvalue weighted by molar-refractivity contribution is 8.01. The Morgan fingerprint density at radius 2 is 2.27 bits per heavy atom. The minimum Gasteiger partial charge on any atom is -0.477 e. The van der Waals surface area contributed by atoms with Crippen LogP contribution in [-0.4, -0.2) is 84.6 Å². The van der Waals surface area contributed by atoms with Crippen molar-refractivity contribution >= 4 is 70.6 Å². The highest BCUT2D eigenvalue weighted by Crippen LogP contribution is 2.41. The van der Waals surface area contributed by atoms with Gasteiger partial charge in [-0.3, -0.25) is 19.3 Å². The Balaban J connectivity index is 1.51. The summed E-state index contributed by atoms with van der Waals surface area (Å²) < 4.78 is 0.685. The number of carboxylic acid groups (broad SMARTS) is 1. The Morgan fingerprint density at radius 3 is 2.97 bits per heavy atom. The summed E-state index contributed by atoms with van der Waals surface area (Å²) in [6, 6.07) is 3.50. The highest BCUT2D eigenvalue weighted by atomic mass is 32.2. The number of oxime groups is 1. The van der Waals surface area contributed by atoms with E-state index in [1.54, 1.807) is 5.51 Å². The molecule has 1 unspecified atom stereocenters. The van der Waals surface area contributed by atoms with Crippen LogP contribution in [0.15, 0.2) is 44.5 Å². The van der Waals surface area contributed by atoms with E-state index in [1.165, 1.54) is 58.0 Å². The molecule has 0 radical (unpaired) electrons. The molecule has 2 aliphatic heterocycles. The van der Waals surface area contributed by atoms with Gasteiger partial charge in [-0.05, 0) is 17.7 Å². The number of nitrogens with zero attached hydrogens (tertiary/aromatic N) is 5. The molecule has 0 aromatic carbocycles. The van der Waals surface area contributed by atoms with Crippen molar-refractivity contribution in [1.82, 2.24) is 25.4 Å². The average molecular weight is 560 g/mol. The number of carbonyl (C=O) groups excluding carboxylic acids is 3. The number of nitrogens with one attached hydrogen (secondary N) is 2. The largest absolute Gasteiger partial charge is 0.477 e. The molecule has 0 bridgehead atoms. The van der Waals surface area contributed by atoms with Gasteiger partial charge in [0.05, 0.1) is 0 Å². The van der Waals surface area contributed by atoms with E-state index in [0.717, 1.165) is 0 Å². The molecule has 4 heterocycles. The van der Waals surface area contributed by atoms with Crippen LogP contribution in [-0.2, 0) is 24.0 Å². The van der Waals surface area contributed by atoms with E-state index in [1.807, 2.05) is 0 Å². The first kappa shape index (κ1) is 26.1. The first-order valence-corrected chi connectivity index (χ1v) is 13.3. The van der Waals surface area contributed by atoms with Crippen molar-refractivity contribution in [2.75, 3.05) is 23.4 Å². The number of hydrogen-bond donors (Lipinski definition) is 3. The standard InChI is InChI=1S/C21H17N7O6S3/c1-2-6-34-27-14(12-4-3-5-13(24-12)22-9-29)17(30)25-15-18(31)28-16(20(32)33)11(7-35-19(15)28)8-36-21-26-23-10-37-21/h1,3-5,9-10,15,19H,6-8H2,(H,25,30)(H,32,33)(H,22,24,29)/t15?,19-/m0/s1. The number of β-lactam (4-membered cyclic amide) rings is 1. The predicted molar refractivity (Wildman–Crippen MR) is 136 cm³/mol. The molecule has 2 aliphatic rings. The Labute approximate surface area is 222 Å². The number of fused-ring (bicyclic) bond motifs is 1. The maximum Gasteiger partial charge on any atom is 0.352 e. The summed E-state index contributed by atoms with van der Waals surface area (Å²) in [5.41, 5.74) is 1.83. The lowest BCUT2D eigenvalue weighted by Crippen LogP contribution is -2.71. The third-order valence-corrected chi connectivity index (χ3v) is 8.25. The predicted octanol–water partition coefficient (Wildman–Crippen LogP) is 0.386. The normalized spacial score (nSPS) is 18.8. The van der Waals surface area contributed by atoms with Crippen molar-refractivity contribution < 1.29 is 29.1 Å². The lowest BCUT2D eigenvalue weighted by molar-refractivity contribution is -0.150. The summed E-state index contributed by atoms with van der Waals surface area (Å²) in [4.78, 5) is 59.2. The molecule has 190 valence electrons. The van der Waals surface area contributed by atoms with Crippen molar-refractivity contribution in [3.63, 3.8) is 0 Å². The fraction of sp³-hybridized carbons (Fsp3) is 0.238. The first-order valence-electron chi connectivity index (χ1n) is 10.4. The van der Waals surface area contributed by atoms with Crippen LogP contribution in [0, 0.1) is 12.3 Å². The van der Waals surface area contributed by atoms with Crippen LogP contribution >= 0.6 is 34.9 Å². The smallest absolute Gasteiger partial charge is 0.352 e. The van der Waals surface area contributed by atoms with Gasteiger partial charge < -0.3 is 20.6 Å². The highest BCUT2D eigenvalue weighted by Gasteiger charge is 2.54. The van der Waals surface area contributed by atoms with Crippen LogP contribution in [0.2, 0.25) is 0 Å². The maximum atomic E-state index is 13.1. The number of hydrogen-bond acceptors (Lipinski definition) is 12. The Kier molecular flexibility index (Phi) is 8.38. The lowest BCUT2D eigenvalue weighted by Gasteiger charge is -2.49. The summed E-state index contributed by atoms with van der Waals surface area (Å²) in [5, 5.41) is 25.6. The quantitative estimate of drug-likeness (QED) is 0.0660. The van der Waals surface area contributed by atoms with Crippen molar-refractivity contribution in [1.29, 1.82) is 0 Å². The average Bonchev–Trinajstić information content (AvgIpc) is 3.42. The molecule has 16 heteroatoms. The van der Waals surface area contributed by atoms with Crippen LogP contribution in [0.4, 0.5) is 5.82 Å². The number of terminal acetylenes is 1. The van der Waals surface area contributed by atoms with Gasteiger partial charge in [-0.1, -0.05) is 40.2 Å². The van der Waals surface area contributed by atoms with Crippen molar-refractivity contribution in [3.8, 4) is 12.3 Å². The second-order valence-electron chi connectivity index (χ2n) is 7.20. The lowest BCUT2D eigenvalue weighted by atomic mass is 10.0. The number of amides is 3. The minimum atomic E-state index is -1.23. The van der Waals surface area contributed by atoms with Crippen molar-refractivity contribution in [2.24, 2.45) is 5.16 Å². The van der Waals surface area contributed by atoms with Gasteiger partial charge in [-0.15, -0.1) is 28.4 Å². The zero-order valence-electron chi connectivity index (χ0n) is 18.7. The first-order chi connectivity index (χ1) is 17.9. The van der Waals surface area contributed by atoms with Crippen LogP contribution in [0.1, 0.15) is 5.69 Å². The molecule has 0 spiro atoms. The van der Waals surface area contributed by atoms with Crippen LogP contribution < -0.4 is 10.6 Å². The minimum absolute atomic E-state index is 0.0587. The second-order valence-corrected chi connectivity index (χ2v) is 10.4. The van der Waals surface area contributed by atoms with Gasteiger partial charge in [-0.25, -0.2) is 9.78 Å². The number of carbonyl (C=O) groups is 4. The van der Waals surface area contributed by atoms with E-state index in [9.17, 15) is 24.3 Å². The second kappa shape index (κ2) is 11.9. The van der Waals surface area contributed by atoms with Crippen LogP contribution in [0.3, 0.4) is 0 Å². The fourth-order valence-electron chi connectivity index (χ4n) is 3.42. The molecule has 0 aliphatic carbocycles. The van der Waals surface area contributed by atoms with Crippen molar-refractivity contribution in [2.45, 2.75) is 15.8 Å². The van der Waals surface area contributed by atoms with Gasteiger partial charge in [0.1, 0.15) is 34.1 Å². The SMILES string of the molecule is C#CCON=C(C(=O)NC1C(=O)N2C(C(=O)O)=C(CSc3nncs3)CS[C@@H]12)c1cccc(NC=O)n1. The van der Waals surface area contributed by atoms with E-state index < -0.39 is 29.2 Å².